The number of anilines is 1. The first kappa shape index (κ1) is 16.5. The number of nitrogens with one attached hydrogen (secondary N) is 2. The van der Waals surface area contributed by atoms with E-state index in [0.717, 1.165) is 16.0 Å². The molecule has 0 saturated carbocycles. The third-order valence-corrected chi connectivity index (χ3v) is 6.45. The fraction of sp³-hybridized carbons (Fsp3) is 0.286. The predicted octanol–water partition coefficient (Wildman–Crippen LogP) is 3.65. The van der Waals surface area contributed by atoms with Gasteiger partial charge < -0.3 is 5.32 Å². The van der Waals surface area contributed by atoms with Crippen molar-refractivity contribution >= 4 is 43.0 Å². The smallest absolute Gasteiger partial charge is 0.263 e. The minimum absolute atomic E-state index is 0.275. The van der Waals surface area contributed by atoms with Gasteiger partial charge in [-0.3, -0.25) is 4.72 Å². The standard InChI is InChI=1S/C14H17BrN2O2S2/c1-9-4-10(2)6-11(5-9)17-21(18,19)13-7-12(8-16-3)20-14(13)15/h4-7,16-17H,8H2,1-3H3. The van der Waals surface area contributed by atoms with Crippen LogP contribution in [0.3, 0.4) is 0 Å². The summed E-state index contributed by atoms with van der Waals surface area (Å²) in [6.45, 7) is 4.52. The van der Waals surface area contributed by atoms with Gasteiger partial charge in [-0.15, -0.1) is 11.3 Å². The molecule has 0 aliphatic heterocycles. The maximum Gasteiger partial charge on any atom is 0.263 e. The molecule has 0 unspecified atom stereocenters. The third kappa shape index (κ3) is 4.06. The molecule has 1 heterocycles. The van der Waals surface area contributed by atoms with E-state index >= 15 is 0 Å². The summed E-state index contributed by atoms with van der Waals surface area (Å²) in [6.07, 6.45) is 0. The van der Waals surface area contributed by atoms with Gasteiger partial charge in [0.2, 0.25) is 0 Å². The van der Waals surface area contributed by atoms with Crippen LogP contribution in [0.15, 0.2) is 32.9 Å². The van der Waals surface area contributed by atoms with Crippen molar-refractivity contribution in [2.24, 2.45) is 0 Å². The molecule has 2 N–H and O–H groups in total. The Morgan fingerprint density at radius 2 is 1.76 bits per heavy atom. The van der Waals surface area contributed by atoms with Crippen molar-refractivity contribution < 1.29 is 8.42 Å². The van der Waals surface area contributed by atoms with Crippen LogP contribution in [-0.2, 0) is 16.6 Å². The molecule has 114 valence electrons. The van der Waals surface area contributed by atoms with Crippen LogP contribution in [0.2, 0.25) is 0 Å². The fourth-order valence-corrected chi connectivity index (χ4v) is 5.82. The minimum atomic E-state index is -3.59. The van der Waals surface area contributed by atoms with E-state index in [1.807, 2.05) is 39.1 Å². The van der Waals surface area contributed by atoms with Crippen molar-refractivity contribution in [2.45, 2.75) is 25.3 Å². The summed E-state index contributed by atoms with van der Waals surface area (Å²) in [5, 5.41) is 3.01. The maximum absolute atomic E-state index is 12.5. The van der Waals surface area contributed by atoms with Gasteiger partial charge in [-0.25, -0.2) is 8.42 Å². The maximum atomic E-state index is 12.5. The van der Waals surface area contributed by atoms with Gasteiger partial charge in [-0.2, -0.15) is 0 Å². The summed E-state index contributed by atoms with van der Waals surface area (Å²) in [5.74, 6) is 0. The molecular weight excluding hydrogens is 372 g/mol. The Bertz CT molecular complexity index is 734. The van der Waals surface area contributed by atoms with E-state index in [9.17, 15) is 8.42 Å². The Hall–Kier alpha value is -0.890. The normalized spacial score (nSPS) is 11.6. The van der Waals surface area contributed by atoms with Crippen molar-refractivity contribution in [3.05, 3.63) is 44.1 Å². The molecule has 7 heteroatoms. The lowest BCUT2D eigenvalue weighted by Gasteiger charge is -2.09. The van der Waals surface area contributed by atoms with Crippen molar-refractivity contribution in [3.63, 3.8) is 0 Å². The Labute approximate surface area is 137 Å². The highest BCUT2D eigenvalue weighted by Crippen LogP contribution is 2.33. The van der Waals surface area contributed by atoms with Crippen LogP contribution in [-0.4, -0.2) is 15.5 Å². The Kier molecular flexibility index (Phi) is 5.08. The number of thiophene rings is 1. The van der Waals surface area contributed by atoms with E-state index in [2.05, 4.69) is 26.0 Å². The number of hydrogen-bond donors (Lipinski definition) is 2. The topological polar surface area (TPSA) is 58.2 Å². The van der Waals surface area contributed by atoms with E-state index in [0.29, 0.717) is 16.0 Å². The van der Waals surface area contributed by atoms with Gasteiger partial charge in [0.25, 0.3) is 10.0 Å². The molecule has 2 aromatic rings. The second kappa shape index (κ2) is 6.48. The van der Waals surface area contributed by atoms with Gasteiger partial charge in [0, 0.05) is 17.1 Å². The van der Waals surface area contributed by atoms with Crippen LogP contribution in [0.4, 0.5) is 5.69 Å². The lowest BCUT2D eigenvalue weighted by Crippen LogP contribution is -2.13. The summed E-state index contributed by atoms with van der Waals surface area (Å²) in [6, 6.07) is 7.33. The zero-order valence-electron chi connectivity index (χ0n) is 12.0. The number of halogens is 1. The third-order valence-electron chi connectivity index (χ3n) is 2.82. The number of rotatable bonds is 5. The Morgan fingerprint density at radius 1 is 1.14 bits per heavy atom. The molecule has 0 radical (unpaired) electrons. The van der Waals surface area contributed by atoms with Gasteiger partial charge in [-0.05, 0) is 66.2 Å². The molecule has 2 rings (SSSR count). The molecule has 0 spiro atoms. The molecule has 4 nitrogen and oxygen atoms in total. The highest BCUT2D eigenvalue weighted by Gasteiger charge is 2.21. The summed E-state index contributed by atoms with van der Waals surface area (Å²) < 4.78 is 28.3. The molecule has 1 aromatic heterocycles. The number of hydrogen-bond acceptors (Lipinski definition) is 4. The molecule has 0 aliphatic carbocycles. The predicted molar refractivity (Wildman–Crippen MR) is 91.5 cm³/mol. The molecule has 0 aliphatic rings. The molecule has 0 atom stereocenters. The largest absolute Gasteiger partial charge is 0.315 e. The van der Waals surface area contributed by atoms with Crippen molar-refractivity contribution in [3.8, 4) is 0 Å². The van der Waals surface area contributed by atoms with Crippen LogP contribution in [0.5, 0.6) is 0 Å². The number of benzene rings is 1. The first-order valence-electron chi connectivity index (χ1n) is 6.36. The average Bonchev–Trinajstić information content (AvgIpc) is 2.69. The molecule has 21 heavy (non-hydrogen) atoms. The molecule has 0 bridgehead atoms. The van der Waals surface area contributed by atoms with Crippen molar-refractivity contribution in [1.82, 2.24) is 5.32 Å². The van der Waals surface area contributed by atoms with Gasteiger partial charge >= 0.3 is 0 Å². The number of aryl methyl sites for hydroxylation is 2. The lowest BCUT2D eigenvalue weighted by atomic mass is 10.1. The zero-order chi connectivity index (χ0) is 15.6. The molecule has 0 saturated heterocycles. The quantitative estimate of drug-likeness (QED) is 0.821. The Balaban J connectivity index is 2.33. The first-order chi connectivity index (χ1) is 9.81. The lowest BCUT2D eigenvalue weighted by molar-refractivity contribution is 0.601. The molecule has 1 aromatic carbocycles. The summed E-state index contributed by atoms with van der Waals surface area (Å²) in [5.41, 5.74) is 2.63. The van der Waals surface area contributed by atoms with E-state index in [4.69, 9.17) is 0 Å². The molecular formula is C14H17BrN2O2S2. The molecule has 0 amide bonds. The van der Waals surface area contributed by atoms with E-state index in [1.54, 1.807) is 6.07 Å². The van der Waals surface area contributed by atoms with Crippen LogP contribution < -0.4 is 10.0 Å². The van der Waals surface area contributed by atoms with Crippen LogP contribution in [0, 0.1) is 13.8 Å². The molecule has 0 fully saturated rings. The fourth-order valence-electron chi connectivity index (χ4n) is 2.09. The highest BCUT2D eigenvalue weighted by atomic mass is 79.9. The van der Waals surface area contributed by atoms with Gasteiger partial charge in [-0.1, -0.05) is 6.07 Å². The average molecular weight is 389 g/mol. The van der Waals surface area contributed by atoms with E-state index in [-0.39, 0.29) is 4.90 Å². The van der Waals surface area contributed by atoms with Gasteiger partial charge in [0.1, 0.15) is 4.90 Å². The van der Waals surface area contributed by atoms with Crippen molar-refractivity contribution in [1.29, 1.82) is 0 Å². The van der Waals surface area contributed by atoms with Crippen LogP contribution >= 0.6 is 27.3 Å². The zero-order valence-corrected chi connectivity index (χ0v) is 15.2. The summed E-state index contributed by atoms with van der Waals surface area (Å²) in [4.78, 5) is 1.24. The van der Waals surface area contributed by atoms with Gasteiger partial charge in [0.15, 0.2) is 0 Å². The minimum Gasteiger partial charge on any atom is -0.315 e. The van der Waals surface area contributed by atoms with Gasteiger partial charge in [0.05, 0.1) is 3.79 Å². The van der Waals surface area contributed by atoms with Crippen molar-refractivity contribution in [2.75, 3.05) is 11.8 Å². The summed E-state index contributed by atoms with van der Waals surface area (Å²) in [7, 11) is -1.76. The van der Waals surface area contributed by atoms with E-state index < -0.39 is 10.0 Å². The van der Waals surface area contributed by atoms with Crippen LogP contribution in [0.1, 0.15) is 16.0 Å². The van der Waals surface area contributed by atoms with E-state index in [1.165, 1.54) is 11.3 Å². The second-order valence-corrected chi connectivity index (χ2v) is 8.97. The second-order valence-electron chi connectivity index (χ2n) is 4.86. The van der Waals surface area contributed by atoms with Crippen LogP contribution in [0.25, 0.3) is 0 Å². The Morgan fingerprint density at radius 3 is 2.33 bits per heavy atom. The highest BCUT2D eigenvalue weighted by molar-refractivity contribution is 9.11. The number of sulfonamides is 1. The first-order valence-corrected chi connectivity index (χ1v) is 9.45. The monoisotopic (exact) mass is 388 g/mol. The SMILES string of the molecule is CNCc1cc(S(=O)(=O)Nc2cc(C)cc(C)c2)c(Br)s1. The summed E-state index contributed by atoms with van der Waals surface area (Å²) >= 11 is 4.75.